The zero-order valence-electron chi connectivity index (χ0n) is 14.9. The Balaban J connectivity index is 1.70. The van der Waals surface area contributed by atoms with Crippen LogP contribution in [0.3, 0.4) is 0 Å². The van der Waals surface area contributed by atoms with Gasteiger partial charge in [0.25, 0.3) is 5.91 Å². The highest BCUT2D eigenvalue weighted by molar-refractivity contribution is 6.31. The van der Waals surface area contributed by atoms with Crippen molar-refractivity contribution < 1.29 is 14.3 Å². The number of nitrogens with one attached hydrogen (secondary N) is 1. The Labute approximate surface area is 163 Å². The first kappa shape index (κ1) is 18.8. The van der Waals surface area contributed by atoms with Crippen molar-refractivity contribution in [1.82, 2.24) is 0 Å². The number of hydrogen-bond acceptors (Lipinski definition) is 3. The van der Waals surface area contributed by atoms with E-state index in [1.807, 2.05) is 55.5 Å². The van der Waals surface area contributed by atoms with Gasteiger partial charge in [-0.1, -0.05) is 48.0 Å². The van der Waals surface area contributed by atoms with Gasteiger partial charge in [0.15, 0.2) is 0 Å². The molecule has 0 fully saturated rings. The highest BCUT2D eigenvalue weighted by atomic mass is 35.5. The molecule has 0 atom stereocenters. The summed E-state index contributed by atoms with van der Waals surface area (Å²) in [4.78, 5) is 12.6. The number of amides is 1. The molecule has 0 aliphatic heterocycles. The molecule has 0 heterocycles. The third kappa shape index (κ3) is 5.02. The summed E-state index contributed by atoms with van der Waals surface area (Å²) in [6.45, 7) is 2.76. The lowest BCUT2D eigenvalue weighted by Gasteiger charge is -2.12. The summed E-state index contributed by atoms with van der Waals surface area (Å²) in [7, 11) is 0. The van der Waals surface area contributed by atoms with E-state index < -0.39 is 0 Å². The zero-order chi connectivity index (χ0) is 19.1. The molecule has 0 unspecified atom stereocenters. The molecule has 0 aliphatic carbocycles. The molecule has 1 amide bonds. The molecule has 3 aromatic rings. The second kappa shape index (κ2) is 9.10. The number of carbonyl (C=O) groups is 1. The van der Waals surface area contributed by atoms with Crippen LogP contribution in [0.4, 0.5) is 5.69 Å². The van der Waals surface area contributed by atoms with Crippen molar-refractivity contribution in [3.8, 4) is 11.5 Å². The van der Waals surface area contributed by atoms with E-state index in [4.69, 9.17) is 21.1 Å². The molecule has 5 heteroatoms. The lowest BCUT2D eigenvalue weighted by atomic mass is 10.2. The number of benzene rings is 3. The van der Waals surface area contributed by atoms with Crippen LogP contribution >= 0.6 is 11.6 Å². The van der Waals surface area contributed by atoms with Gasteiger partial charge in [0, 0.05) is 16.1 Å². The van der Waals surface area contributed by atoms with Crippen molar-refractivity contribution in [1.29, 1.82) is 0 Å². The topological polar surface area (TPSA) is 47.6 Å². The van der Waals surface area contributed by atoms with Crippen molar-refractivity contribution in [2.24, 2.45) is 0 Å². The van der Waals surface area contributed by atoms with E-state index in [0.29, 0.717) is 41.0 Å². The fourth-order valence-corrected chi connectivity index (χ4v) is 2.74. The van der Waals surface area contributed by atoms with E-state index in [1.54, 1.807) is 24.3 Å². The molecule has 3 rings (SSSR count). The lowest BCUT2D eigenvalue weighted by molar-refractivity contribution is 0.102. The Hall–Kier alpha value is -2.98. The molecule has 138 valence electrons. The number of hydrogen-bond donors (Lipinski definition) is 1. The quantitative estimate of drug-likeness (QED) is 0.582. The van der Waals surface area contributed by atoms with Crippen LogP contribution in [0.5, 0.6) is 11.5 Å². The standard InChI is InChI=1S/C22H20ClNO3/c1-2-26-21-13-6-5-12-20(21)24-22(25)16-9-7-10-18(14-16)27-15-17-8-3-4-11-19(17)23/h3-14H,2,15H2,1H3,(H,24,25). The van der Waals surface area contributed by atoms with Crippen LogP contribution in [0.2, 0.25) is 5.02 Å². The molecule has 0 bridgehead atoms. The smallest absolute Gasteiger partial charge is 0.255 e. The maximum atomic E-state index is 12.6. The molecule has 4 nitrogen and oxygen atoms in total. The maximum absolute atomic E-state index is 12.6. The van der Waals surface area contributed by atoms with Gasteiger partial charge in [-0.15, -0.1) is 0 Å². The van der Waals surface area contributed by atoms with Crippen LogP contribution < -0.4 is 14.8 Å². The summed E-state index contributed by atoms with van der Waals surface area (Å²) in [5, 5.41) is 3.53. The predicted octanol–water partition coefficient (Wildman–Crippen LogP) is 5.57. The number of ether oxygens (including phenoxy) is 2. The first-order valence-corrected chi connectivity index (χ1v) is 9.04. The molecule has 1 N–H and O–H groups in total. The maximum Gasteiger partial charge on any atom is 0.255 e. The van der Waals surface area contributed by atoms with E-state index in [-0.39, 0.29) is 5.91 Å². The highest BCUT2D eigenvalue weighted by Crippen LogP contribution is 2.25. The summed E-state index contributed by atoms with van der Waals surface area (Å²) in [6, 6.07) is 21.9. The van der Waals surface area contributed by atoms with Gasteiger partial charge in [0.1, 0.15) is 18.1 Å². The summed E-state index contributed by atoms with van der Waals surface area (Å²) >= 11 is 6.15. The van der Waals surface area contributed by atoms with Crippen molar-refractivity contribution in [3.05, 3.63) is 88.9 Å². The van der Waals surface area contributed by atoms with Gasteiger partial charge in [-0.2, -0.15) is 0 Å². The van der Waals surface area contributed by atoms with E-state index >= 15 is 0 Å². The molecule has 0 radical (unpaired) electrons. The Morgan fingerprint density at radius 3 is 2.56 bits per heavy atom. The van der Waals surface area contributed by atoms with E-state index in [1.165, 1.54) is 0 Å². The fourth-order valence-electron chi connectivity index (χ4n) is 2.55. The summed E-state index contributed by atoms with van der Waals surface area (Å²) < 4.78 is 11.3. The molecule has 3 aromatic carbocycles. The number of halogens is 1. The minimum Gasteiger partial charge on any atom is -0.492 e. The number of anilines is 1. The summed E-state index contributed by atoms with van der Waals surface area (Å²) in [5.41, 5.74) is 2.02. The van der Waals surface area contributed by atoms with Crippen LogP contribution in [0.25, 0.3) is 0 Å². The molecule has 27 heavy (non-hydrogen) atoms. The van der Waals surface area contributed by atoms with E-state index in [9.17, 15) is 4.79 Å². The van der Waals surface area contributed by atoms with E-state index in [0.717, 1.165) is 5.56 Å². The normalized spacial score (nSPS) is 10.3. The molecule has 0 aromatic heterocycles. The van der Waals surface area contributed by atoms with Crippen molar-refractivity contribution in [2.45, 2.75) is 13.5 Å². The highest BCUT2D eigenvalue weighted by Gasteiger charge is 2.11. The predicted molar refractivity (Wildman–Crippen MR) is 108 cm³/mol. The van der Waals surface area contributed by atoms with Gasteiger partial charge in [-0.05, 0) is 43.3 Å². The van der Waals surface area contributed by atoms with E-state index in [2.05, 4.69) is 5.32 Å². The van der Waals surface area contributed by atoms with Crippen LogP contribution in [-0.4, -0.2) is 12.5 Å². The van der Waals surface area contributed by atoms with Gasteiger partial charge in [-0.3, -0.25) is 4.79 Å². The molecular weight excluding hydrogens is 362 g/mol. The molecule has 0 spiro atoms. The summed E-state index contributed by atoms with van der Waals surface area (Å²) in [5.74, 6) is 1.01. The van der Waals surface area contributed by atoms with Crippen LogP contribution in [-0.2, 0) is 6.61 Å². The van der Waals surface area contributed by atoms with Crippen molar-refractivity contribution in [2.75, 3.05) is 11.9 Å². The Morgan fingerprint density at radius 2 is 1.74 bits per heavy atom. The van der Waals surface area contributed by atoms with Gasteiger partial charge in [0.05, 0.1) is 12.3 Å². The number of para-hydroxylation sites is 2. The van der Waals surface area contributed by atoms with Gasteiger partial charge >= 0.3 is 0 Å². The first-order valence-electron chi connectivity index (χ1n) is 8.67. The average molecular weight is 382 g/mol. The second-order valence-corrected chi connectivity index (χ2v) is 6.20. The Bertz CT molecular complexity index is 927. The van der Waals surface area contributed by atoms with Crippen molar-refractivity contribution in [3.63, 3.8) is 0 Å². The first-order chi connectivity index (χ1) is 13.2. The number of carbonyl (C=O) groups excluding carboxylic acids is 1. The second-order valence-electron chi connectivity index (χ2n) is 5.79. The number of rotatable bonds is 7. The van der Waals surface area contributed by atoms with Crippen LogP contribution in [0, 0.1) is 0 Å². The zero-order valence-corrected chi connectivity index (χ0v) is 15.7. The third-order valence-corrected chi connectivity index (χ3v) is 4.25. The largest absolute Gasteiger partial charge is 0.492 e. The lowest BCUT2D eigenvalue weighted by Crippen LogP contribution is -2.13. The molecule has 0 saturated heterocycles. The molecule has 0 saturated carbocycles. The third-order valence-electron chi connectivity index (χ3n) is 3.88. The minimum absolute atomic E-state index is 0.231. The molecular formula is C22H20ClNO3. The molecule has 0 aliphatic rings. The monoisotopic (exact) mass is 381 g/mol. The fraction of sp³-hybridized carbons (Fsp3) is 0.136. The Kier molecular flexibility index (Phi) is 6.34. The summed E-state index contributed by atoms with van der Waals surface area (Å²) in [6.07, 6.45) is 0. The van der Waals surface area contributed by atoms with Crippen LogP contribution in [0.1, 0.15) is 22.8 Å². The van der Waals surface area contributed by atoms with Gasteiger partial charge < -0.3 is 14.8 Å². The van der Waals surface area contributed by atoms with Crippen LogP contribution in [0.15, 0.2) is 72.8 Å². The van der Waals surface area contributed by atoms with Crippen molar-refractivity contribution >= 4 is 23.2 Å². The van der Waals surface area contributed by atoms with Gasteiger partial charge in [-0.25, -0.2) is 0 Å². The van der Waals surface area contributed by atoms with Gasteiger partial charge in [0.2, 0.25) is 0 Å². The Morgan fingerprint density at radius 1 is 0.963 bits per heavy atom. The minimum atomic E-state index is -0.231. The average Bonchev–Trinajstić information content (AvgIpc) is 2.69. The SMILES string of the molecule is CCOc1ccccc1NC(=O)c1cccc(OCc2ccccc2Cl)c1.